The van der Waals surface area contributed by atoms with Gasteiger partial charge in [-0.15, -0.1) is 0 Å². The van der Waals surface area contributed by atoms with E-state index in [-0.39, 0.29) is 5.75 Å². The summed E-state index contributed by atoms with van der Waals surface area (Å²) in [6, 6.07) is 0. The quantitative estimate of drug-likeness (QED) is 0.598. The molecule has 0 spiro atoms. The van der Waals surface area contributed by atoms with Crippen molar-refractivity contribution in [3.05, 3.63) is 11.2 Å². The van der Waals surface area contributed by atoms with Crippen molar-refractivity contribution < 1.29 is 17.4 Å². The van der Waals surface area contributed by atoms with E-state index in [9.17, 15) is 17.4 Å². The molecule has 9 heavy (non-hydrogen) atoms. The maximum Gasteiger partial charge on any atom is 0.314 e. The second-order valence-corrected chi connectivity index (χ2v) is 2.80. The van der Waals surface area contributed by atoms with Crippen LogP contribution in [0.2, 0.25) is 0 Å². The summed E-state index contributed by atoms with van der Waals surface area (Å²) in [4.78, 5) is 0. The van der Waals surface area contributed by atoms with Crippen molar-refractivity contribution in [1.82, 2.24) is 0 Å². The Bertz CT molecular complexity index is 150. The Morgan fingerprint density at radius 2 is 1.89 bits per heavy atom. The van der Waals surface area contributed by atoms with Gasteiger partial charge in [0.2, 0.25) is 0 Å². The normalized spacial score (nSPS) is 12.9. The predicted octanol–water partition coefficient (Wildman–Crippen LogP) is 1.79. The highest BCUT2D eigenvalue weighted by Crippen LogP contribution is 2.12. The summed E-state index contributed by atoms with van der Waals surface area (Å²) in [5.74, 6) is -0.122. The van der Waals surface area contributed by atoms with Crippen LogP contribution in [0.1, 0.15) is 6.92 Å². The van der Waals surface area contributed by atoms with Gasteiger partial charge < -0.3 is 0 Å². The van der Waals surface area contributed by atoms with Gasteiger partial charge >= 0.3 is 6.08 Å². The lowest BCUT2D eigenvalue weighted by Gasteiger charge is -1.89. The van der Waals surface area contributed by atoms with Gasteiger partial charge in [0, 0.05) is 5.75 Å². The fraction of sp³-hybridized carbons (Fsp3) is 0.500. The van der Waals surface area contributed by atoms with E-state index >= 15 is 0 Å². The summed E-state index contributed by atoms with van der Waals surface area (Å²) >= 11 is 0. The van der Waals surface area contributed by atoms with Crippen LogP contribution in [0.3, 0.4) is 0 Å². The van der Waals surface area contributed by atoms with Gasteiger partial charge in [-0.3, -0.25) is 4.21 Å². The van der Waals surface area contributed by atoms with Crippen LogP contribution in [0.25, 0.3) is 0 Å². The topological polar surface area (TPSA) is 17.1 Å². The van der Waals surface area contributed by atoms with Crippen LogP contribution < -0.4 is 0 Å². The average molecular weight is 158 g/mol. The molecule has 0 radical (unpaired) electrons. The van der Waals surface area contributed by atoms with Crippen LogP contribution in [0.5, 0.6) is 0 Å². The van der Waals surface area contributed by atoms with Gasteiger partial charge in [-0.1, -0.05) is 6.92 Å². The van der Waals surface area contributed by atoms with Gasteiger partial charge in [0.25, 0.3) is 5.16 Å². The molecule has 0 bridgehead atoms. The van der Waals surface area contributed by atoms with Gasteiger partial charge in [-0.25, -0.2) is 0 Å². The van der Waals surface area contributed by atoms with E-state index < -0.39 is 22.0 Å². The van der Waals surface area contributed by atoms with Crippen LogP contribution in [0.4, 0.5) is 13.2 Å². The van der Waals surface area contributed by atoms with Crippen LogP contribution in [0, 0.1) is 0 Å². The van der Waals surface area contributed by atoms with E-state index in [2.05, 4.69) is 0 Å². The molecule has 0 saturated heterocycles. The van der Waals surface area contributed by atoms with Crippen LogP contribution in [-0.2, 0) is 10.8 Å². The van der Waals surface area contributed by atoms with Crippen molar-refractivity contribution in [3.8, 4) is 0 Å². The number of halogens is 3. The first-order chi connectivity index (χ1) is 4.09. The van der Waals surface area contributed by atoms with E-state index in [1.807, 2.05) is 0 Å². The van der Waals surface area contributed by atoms with Crippen molar-refractivity contribution in [3.63, 3.8) is 0 Å². The van der Waals surface area contributed by atoms with Crippen molar-refractivity contribution >= 4 is 10.8 Å². The minimum absolute atomic E-state index is 0.122. The van der Waals surface area contributed by atoms with E-state index in [1.165, 1.54) is 6.92 Å². The maximum absolute atomic E-state index is 11.7. The van der Waals surface area contributed by atoms with Gasteiger partial charge in [0.15, 0.2) is 0 Å². The largest absolute Gasteiger partial charge is 0.314 e. The second kappa shape index (κ2) is 3.66. The molecule has 0 aromatic rings. The lowest BCUT2D eigenvalue weighted by molar-refractivity contribution is 0.393. The molecular weight excluding hydrogens is 153 g/mol. The van der Waals surface area contributed by atoms with Crippen molar-refractivity contribution in [2.24, 2.45) is 0 Å². The second-order valence-electron chi connectivity index (χ2n) is 1.17. The molecule has 1 nitrogen and oxygen atoms in total. The molecule has 0 aromatic carbocycles. The molecule has 0 saturated carbocycles. The van der Waals surface area contributed by atoms with Crippen molar-refractivity contribution in [1.29, 1.82) is 0 Å². The van der Waals surface area contributed by atoms with E-state index in [4.69, 9.17) is 0 Å². The lowest BCUT2D eigenvalue weighted by atomic mass is 11.0. The SMILES string of the molecule is CCS(=O)C(F)=C(F)F. The minimum Gasteiger partial charge on any atom is -0.252 e. The van der Waals surface area contributed by atoms with E-state index in [0.717, 1.165) is 0 Å². The third kappa shape index (κ3) is 2.64. The fourth-order valence-corrected chi connectivity index (χ4v) is 0.638. The molecule has 0 aliphatic carbocycles. The molecule has 1 unspecified atom stereocenters. The number of rotatable bonds is 2. The summed E-state index contributed by atoms with van der Waals surface area (Å²) in [5.41, 5.74) is 0. The molecule has 0 heterocycles. The van der Waals surface area contributed by atoms with Crippen LogP contribution in [0.15, 0.2) is 11.2 Å². The van der Waals surface area contributed by atoms with Gasteiger partial charge in [0.1, 0.15) is 0 Å². The molecule has 5 heteroatoms. The Morgan fingerprint density at radius 1 is 1.44 bits per heavy atom. The highest BCUT2D eigenvalue weighted by atomic mass is 32.2. The summed E-state index contributed by atoms with van der Waals surface area (Å²) < 4.78 is 44.3. The average Bonchev–Trinajstić information content (AvgIpc) is 1.84. The molecular formula is C4H5F3OS. The zero-order chi connectivity index (χ0) is 7.44. The molecule has 0 aliphatic heterocycles. The fourth-order valence-electron chi connectivity index (χ4n) is 0.213. The molecule has 0 rings (SSSR count). The van der Waals surface area contributed by atoms with Crippen molar-refractivity contribution in [2.45, 2.75) is 6.92 Å². The van der Waals surface area contributed by atoms with Gasteiger partial charge in [-0.05, 0) is 0 Å². The molecule has 0 aromatic heterocycles. The van der Waals surface area contributed by atoms with Crippen molar-refractivity contribution in [2.75, 3.05) is 5.75 Å². The summed E-state index contributed by atoms with van der Waals surface area (Å²) in [6.07, 6.45) is -2.49. The lowest BCUT2D eigenvalue weighted by Crippen LogP contribution is -1.92. The first kappa shape index (κ1) is 8.68. The number of hydrogen-bond donors (Lipinski definition) is 0. The molecule has 0 N–H and O–H groups in total. The Morgan fingerprint density at radius 3 is 2.00 bits per heavy atom. The molecule has 54 valence electrons. The zero-order valence-electron chi connectivity index (χ0n) is 4.66. The van der Waals surface area contributed by atoms with E-state index in [1.54, 1.807) is 0 Å². The highest BCUT2D eigenvalue weighted by molar-refractivity contribution is 7.88. The summed E-state index contributed by atoms with van der Waals surface area (Å²) in [6.45, 7) is 1.36. The summed E-state index contributed by atoms with van der Waals surface area (Å²) in [7, 11) is -2.14. The molecule has 0 fully saturated rings. The Labute approximate surface area is 53.0 Å². The van der Waals surface area contributed by atoms with Gasteiger partial charge in [0.05, 0.1) is 10.8 Å². The maximum atomic E-state index is 11.7. The molecule has 1 atom stereocenters. The third-order valence-electron chi connectivity index (χ3n) is 0.611. The summed E-state index contributed by atoms with van der Waals surface area (Å²) in [5, 5.41) is -1.81. The Kier molecular flexibility index (Phi) is 3.53. The molecule has 0 aliphatic rings. The zero-order valence-corrected chi connectivity index (χ0v) is 5.47. The number of hydrogen-bond acceptors (Lipinski definition) is 1. The van der Waals surface area contributed by atoms with Crippen LogP contribution in [-0.4, -0.2) is 9.96 Å². The Balaban J connectivity index is 4.21. The van der Waals surface area contributed by atoms with Gasteiger partial charge in [-0.2, -0.15) is 13.2 Å². The Hall–Kier alpha value is -0.320. The first-order valence-corrected chi connectivity index (χ1v) is 3.50. The standard InChI is InChI=1S/C4H5F3OS/c1-2-9(8)4(7)3(5)6/h2H2,1H3. The predicted molar refractivity (Wildman–Crippen MR) is 29.0 cm³/mol. The van der Waals surface area contributed by atoms with Crippen LogP contribution >= 0.6 is 0 Å². The van der Waals surface area contributed by atoms with E-state index in [0.29, 0.717) is 0 Å². The highest BCUT2D eigenvalue weighted by Gasteiger charge is 2.10. The smallest absolute Gasteiger partial charge is 0.252 e. The first-order valence-electron chi connectivity index (χ1n) is 2.18. The monoisotopic (exact) mass is 158 g/mol. The third-order valence-corrected chi connectivity index (χ3v) is 1.69. The minimum atomic E-state index is -2.49. The molecule has 0 amide bonds.